The lowest BCUT2D eigenvalue weighted by atomic mass is 9.90. The van der Waals surface area contributed by atoms with E-state index in [9.17, 15) is 0 Å². The summed E-state index contributed by atoms with van der Waals surface area (Å²) in [6.07, 6.45) is 13.2. The van der Waals surface area contributed by atoms with E-state index in [2.05, 4.69) is 5.48 Å². The Kier molecular flexibility index (Phi) is 4.26. The summed E-state index contributed by atoms with van der Waals surface area (Å²) in [7, 11) is 0. The first-order valence-electron chi connectivity index (χ1n) is 6.35. The fourth-order valence-corrected chi connectivity index (χ4v) is 2.79. The van der Waals surface area contributed by atoms with Gasteiger partial charge in [-0.05, 0) is 25.2 Å². The fourth-order valence-electron chi connectivity index (χ4n) is 2.79. The van der Waals surface area contributed by atoms with Crippen LogP contribution in [0.2, 0.25) is 0 Å². The molecule has 1 saturated carbocycles. The molecule has 1 N–H and O–H groups in total. The van der Waals surface area contributed by atoms with Crippen molar-refractivity contribution in [3.63, 3.8) is 0 Å². The third-order valence-electron chi connectivity index (χ3n) is 3.69. The Bertz CT molecular complexity index is 144. The maximum absolute atomic E-state index is 5.58. The summed E-state index contributed by atoms with van der Waals surface area (Å²) >= 11 is 0. The van der Waals surface area contributed by atoms with Gasteiger partial charge >= 0.3 is 0 Å². The molecule has 2 aliphatic rings. The SMILES string of the molecule is C1CCCCC(C2CCNO2)CCC1. The lowest BCUT2D eigenvalue weighted by Gasteiger charge is -2.21. The standard InChI is InChI=1S/C12H23NO/c1-2-4-6-8-11(7-5-3-1)12-9-10-13-14-12/h11-13H,1-10H2. The zero-order valence-corrected chi connectivity index (χ0v) is 9.13. The molecule has 1 unspecified atom stereocenters. The van der Waals surface area contributed by atoms with Crippen LogP contribution < -0.4 is 5.48 Å². The third-order valence-corrected chi connectivity index (χ3v) is 3.69. The van der Waals surface area contributed by atoms with E-state index in [-0.39, 0.29) is 0 Å². The molecule has 0 amide bonds. The molecule has 1 aliphatic carbocycles. The van der Waals surface area contributed by atoms with Crippen molar-refractivity contribution < 1.29 is 4.84 Å². The molecule has 14 heavy (non-hydrogen) atoms. The molecule has 2 heteroatoms. The molecule has 0 aromatic carbocycles. The van der Waals surface area contributed by atoms with Crippen LogP contribution in [0.1, 0.15) is 57.8 Å². The van der Waals surface area contributed by atoms with Crippen LogP contribution >= 0.6 is 0 Å². The minimum Gasteiger partial charge on any atom is -0.298 e. The molecule has 1 saturated heterocycles. The molecule has 82 valence electrons. The highest BCUT2D eigenvalue weighted by atomic mass is 16.7. The summed E-state index contributed by atoms with van der Waals surface area (Å²) in [5.41, 5.74) is 3.02. The number of nitrogens with one attached hydrogen (secondary N) is 1. The van der Waals surface area contributed by atoms with Gasteiger partial charge in [0, 0.05) is 6.54 Å². The van der Waals surface area contributed by atoms with Crippen LogP contribution in [0.15, 0.2) is 0 Å². The van der Waals surface area contributed by atoms with Gasteiger partial charge in [0.1, 0.15) is 0 Å². The summed E-state index contributed by atoms with van der Waals surface area (Å²) in [6, 6.07) is 0. The Balaban J connectivity index is 1.80. The van der Waals surface area contributed by atoms with Gasteiger partial charge in [0.05, 0.1) is 6.10 Å². The summed E-state index contributed by atoms with van der Waals surface area (Å²) < 4.78 is 0. The van der Waals surface area contributed by atoms with E-state index in [1.807, 2.05) is 0 Å². The van der Waals surface area contributed by atoms with Crippen molar-refractivity contribution in [2.45, 2.75) is 63.9 Å². The zero-order valence-electron chi connectivity index (χ0n) is 9.13. The summed E-state index contributed by atoms with van der Waals surface area (Å²) in [4.78, 5) is 5.58. The van der Waals surface area contributed by atoms with E-state index < -0.39 is 0 Å². The normalized spacial score (nSPS) is 32.1. The molecular formula is C12H23NO. The average molecular weight is 197 g/mol. The molecule has 2 fully saturated rings. The van der Waals surface area contributed by atoms with E-state index in [0.717, 1.165) is 12.5 Å². The highest BCUT2D eigenvalue weighted by molar-refractivity contribution is 4.75. The Morgan fingerprint density at radius 3 is 2.00 bits per heavy atom. The average Bonchev–Trinajstić information content (AvgIpc) is 2.75. The molecule has 0 spiro atoms. The minimum absolute atomic E-state index is 0.521. The van der Waals surface area contributed by atoms with Crippen LogP contribution in [-0.2, 0) is 4.84 Å². The van der Waals surface area contributed by atoms with Crippen molar-refractivity contribution in [3.05, 3.63) is 0 Å². The number of hydrogen-bond acceptors (Lipinski definition) is 2. The van der Waals surface area contributed by atoms with Crippen LogP contribution in [-0.4, -0.2) is 12.6 Å². The van der Waals surface area contributed by atoms with E-state index in [1.165, 1.54) is 57.8 Å². The van der Waals surface area contributed by atoms with Crippen molar-refractivity contribution in [1.82, 2.24) is 5.48 Å². The van der Waals surface area contributed by atoms with Gasteiger partial charge < -0.3 is 0 Å². The lowest BCUT2D eigenvalue weighted by molar-refractivity contribution is -0.00543. The number of hydrogen-bond donors (Lipinski definition) is 1. The van der Waals surface area contributed by atoms with E-state index >= 15 is 0 Å². The van der Waals surface area contributed by atoms with E-state index in [1.54, 1.807) is 0 Å². The maximum atomic E-state index is 5.58. The molecule has 0 aromatic rings. The Hall–Kier alpha value is -0.0800. The van der Waals surface area contributed by atoms with Gasteiger partial charge in [0.25, 0.3) is 0 Å². The largest absolute Gasteiger partial charge is 0.298 e. The van der Waals surface area contributed by atoms with Crippen molar-refractivity contribution >= 4 is 0 Å². The van der Waals surface area contributed by atoms with E-state index in [0.29, 0.717) is 6.10 Å². The molecule has 2 rings (SSSR count). The highest BCUT2D eigenvalue weighted by Crippen LogP contribution is 2.28. The Morgan fingerprint density at radius 1 is 0.786 bits per heavy atom. The Morgan fingerprint density at radius 2 is 1.43 bits per heavy atom. The molecule has 1 heterocycles. The summed E-state index contributed by atoms with van der Waals surface area (Å²) in [5.74, 6) is 0.836. The maximum Gasteiger partial charge on any atom is 0.0831 e. The second-order valence-corrected chi connectivity index (χ2v) is 4.80. The third kappa shape index (κ3) is 2.96. The molecule has 0 radical (unpaired) electrons. The molecule has 1 atom stereocenters. The first-order valence-corrected chi connectivity index (χ1v) is 6.35. The van der Waals surface area contributed by atoms with Gasteiger partial charge in [0.15, 0.2) is 0 Å². The highest BCUT2D eigenvalue weighted by Gasteiger charge is 2.25. The van der Waals surface area contributed by atoms with Crippen LogP contribution in [0.25, 0.3) is 0 Å². The second-order valence-electron chi connectivity index (χ2n) is 4.80. The molecule has 0 aromatic heterocycles. The summed E-state index contributed by atoms with van der Waals surface area (Å²) in [5, 5.41) is 0. The number of hydroxylamine groups is 1. The predicted molar refractivity (Wildman–Crippen MR) is 57.9 cm³/mol. The van der Waals surface area contributed by atoms with Gasteiger partial charge in [-0.1, -0.05) is 38.5 Å². The van der Waals surface area contributed by atoms with Crippen LogP contribution in [0.4, 0.5) is 0 Å². The second kappa shape index (κ2) is 5.72. The monoisotopic (exact) mass is 197 g/mol. The van der Waals surface area contributed by atoms with Crippen molar-refractivity contribution in [3.8, 4) is 0 Å². The van der Waals surface area contributed by atoms with Crippen LogP contribution in [0, 0.1) is 5.92 Å². The van der Waals surface area contributed by atoms with Gasteiger partial charge in [-0.3, -0.25) is 4.84 Å². The molecule has 1 aliphatic heterocycles. The smallest absolute Gasteiger partial charge is 0.0831 e. The minimum atomic E-state index is 0.521. The topological polar surface area (TPSA) is 21.3 Å². The summed E-state index contributed by atoms with van der Waals surface area (Å²) in [6.45, 7) is 1.06. The van der Waals surface area contributed by atoms with E-state index in [4.69, 9.17) is 4.84 Å². The van der Waals surface area contributed by atoms with Crippen LogP contribution in [0.5, 0.6) is 0 Å². The predicted octanol–water partition coefficient (Wildman–Crippen LogP) is 3.03. The quantitative estimate of drug-likeness (QED) is 0.697. The Labute approximate surface area is 87.4 Å². The molecule has 0 bridgehead atoms. The van der Waals surface area contributed by atoms with Crippen molar-refractivity contribution in [1.29, 1.82) is 0 Å². The van der Waals surface area contributed by atoms with Gasteiger partial charge in [-0.2, -0.15) is 0 Å². The zero-order chi connectivity index (χ0) is 9.64. The fraction of sp³-hybridized carbons (Fsp3) is 1.00. The number of rotatable bonds is 1. The molecule has 2 nitrogen and oxygen atoms in total. The first-order chi connectivity index (χ1) is 6.97. The van der Waals surface area contributed by atoms with Crippen LogP contribution in [0.3, 0.4) is 0 Å². The van der Waals surface area contributed by atoms with Crippen molar-refractivity contribution in [2.75, 3.05) is 6.54 Å². The van der Waals surface area contributed by atoms with Gasteiger partial charge in [0.2, 0.25) is 0 Å². The van der Waals surface area contributed by atoms with Crippen molar-refractivity contribution in [2.24, 2.45) is 5.92 Å². The van der Waals surface area contributed by atoms with Gasteiger partial charge in [-0.25, -0.2) is 5.48 Å². The lowest BCUT2D eigenvalue weighted by Crippen LogP contribution is -2.21. The molecular weight excluding hydrogens is 174 g/mol. The van der Waals surface area contributed by atoms with Gasteiger partial charge in [-0.15, -0.1) is 0 Å². The first kappa shape index (κ1) is 10.4.